The van der Waals surface area contributed by atoms with E-state index in [2.05, 4.69) is 11.4 Å². The zero-order chi connectivity index (χ0) is 22.3. The van der Waals surface area contributed by atoms with Crippen LogP contribution in [0.2, 0.25) is 0 Å². The minimum atomic E-state index is -0.208. The topological polar surface area (TPSA) is 82.4 Å². The minimum Gasteiger partial charge on any atom is -0.484 e. The van der Waals surface area contributed by atoms with Gasteiger partial charge in [0.05, 0.1) is 11.6 Å². The van der Waals surface area contributed by atoms with Crippen molar-refractivity contribution >= 4 is 17.5 Å². The Kier molecular flexibility index (Phi) is 6.47. The van der Waals surface area contributed by atoms with E-state index < -0.39 is 0 Å². The van der Waals surface area contributed by atoms with Crippen LogP contribution in [0.3, 0.4) is 0 Å². The number of amides is 2. The lowest BCUT2D eigenvalue weighted by atomic mass is 10.0. The Morgan fingerprint density at radius 1 is 0.969 bits per heavy atom. The van der Waals surface area contributed by atoms with E-state index in [0.29, 0.717) is 24.3 Å². The van der Waals surface area contributed by atoms with Crippen molar-refractivity contribution in [2.45, 2.75) is 19.4 Å². The van der Waals surface area contributed by atoms with Gasteiger partial charge in [-0.05, 0) is 59.5 Å². The van der Waals surface area contributed by atoms with E-state index in [-0.39, 0.29) is 18.4 Å². The van der Waals surface area contributed by atoms with Crippen LogP contribution in [0.5, 0.6) is 5.75 Å². The Morgan fingerprint density at radius 3 is 2.22 bits per heavy atom. The summed E-state index contributed by atoms with van der Waals surface area (Å²) in [5.74, 6) is 0.560. The Balaban J connectivity index is 1.24. The molecule has 4 rings (SSSR count). The standard InChI is InChI=1S/C26H23N3O3/c27-16-19-3-7-21(8-4-19)22-9-13-24(14-10-22)32-18-25(30)28-17-20-5-11-23(12-6-20)29-15-1-2-26(29)31/h3-14H,1-2,15,17-18H2,(H,28,30). The van der Waals surface area contributed by atoms with Crippen molar-refractivity contribution in [3.63, 3.8) is 0 Å². The molecule has 3 aromatic carbocycles. The first-order chi connectivity index (χ1) is 15.6. The first-order valence-corrected chi connectivity index (χ1v) is 10.5. The van der Waals surface area contributed by atoms with Gasteiger partial charge in [0.15, 0.2) is 6.61 Å². The molecule has 0 spiro atoms. The first-order valence-electron chi connectivity index (χ1n) is 10.5. The van der Waals surface area contributed by atoms with Gasteiger partial charge in [-0.3, -0.25) is 9.59 Å². The Morgan fingerprint density at radius 2 is 1.62 bits per heavy atom. The smallest absolute Gasteiger partial charge is 0.258 e. The van der Waals surface area contributed by atoms with E-state index in [1.165, 1.54) is 0 Å². The molecule has 160 valence electrons. The van der Waals surface area contributed by atoms with E-state index >= 15 is 0 Å². The summed E-state index contributed by atoms with van der Waals surface area (Å²) < 4.78 is 5.58. The van der Waals surface area contributed by atoms with Gasteiger partial charge < -0.3 is 15.0 Å². The quantitative estimate of drug-likeness (QED) is 0.619. The predicted octanol–water partition coefficient (Wildman–Crippen LogP) is 4.05. The van der Waals surface area contributed by atoms with Crippen LogP contribution in [0.25, 0.3) is 11.1 Å². The number of nitriles is 1. The van der Waals surface area contributed by atoms with Crippen LogP contribution in [0.1, 0.15) is 24.0 Å². The maximum absolute atomic E-state index is 12.1. The van der Waals surface area contributed by atoms with E-state index in [1.807, 2.05) is 60.7 Å². The van der Waals surface area contributed by atoms with Crippen molar-refractivity contribution in [1.29, 1.82) is 5.26 Å². The number of carbonyl (C=O) groups excluding carboxylic acids is 2. The molecule has 0 radical (unpaired) electrons. The molecule has 6 nitrogen and oxygen atoms in total. The van der Waals surface area contributed by atoms with Crippen molar-refractivity contribution in [2.75, 3.05) is 18.1 Å². The number of benzene rings is 3. The molecule has 1 heterocycles. The van der Waals surface area contributed by atoms with Crippen LogP contribution in [0.4, 0.5) is 5.69 Å². The second-order valence-corrected chi connectivity index (χ2v) is 7.59. The summed E-state index contributed by atoms with van der Waals surface area (Å²) in [7, 11) is 0. The van der Waals surface area contributed by atoms with Crippen LogP contribution in [-0.2, 0) is 16.1 Å². The largest absolute Gasteiger partial charge is 0.484 e. The van der Waals surface area contributed by atoms with Gasteiger partial charge in [0, 0.05) is 25.2 Å². The normalized spacial score (nSPS) is 13.0. The molecule has 1 saturated heterocycles. The van der Waals surface area contributed by atoms with E-state index in [1.54, 1.807) is 17.0 Å². The van der Waals surface area contributed by atoms with Crippen LogP contribution in [-0.4, -0.2) is 25.0 Å². The zero-order valence-corrected chi connectivity index (χ0v) is 17.6. The number of anilines is 1. The lowest BCUT2D eigenvalue weighted by molar-refractivity contribution is -0.123. The molecule has 1 aliphatic heterocycles. The summed E-state index contributed by atoms with van der Waals surface area (Å²) in [6.45, 7) is 1.09. The molecule has 1 fully saturated rings. The molecule has 6 heteroatoms. The summed E-state index contributed by atoms with van der Waals surface area (Å²) in [4.78, 5) is 25.8. The number of rotatable bonds is 7. The fraction of sp³-hybridized carbons (Fsp3) is 0.192. The summed E-state index contributed by atoms with van der Waals surface area (Å²) in [6.07, 6.45) is 1.50. The number of nitrogens with zero attached hydrogens (tertiary/aromatic N) is 2. The zero-order valence-electron chi connectivity index (χ0n) is 17.6. The van der Waals surface area contributed by atoms with E-state index in [0.717, 1.165) is 35.3 Å². The van der Waals surface area contributed by atoms with Gasteiger partial charge in [-0.2, -0.15) is 5.26 Å². The Hall–Kier alpha value is -4.11. The summed E-state index contributed by atoms with van der Waals surface area (Å²) in [5, 5.41) is 11.7. The van der Waals surface area contributed by atoms with Crippen LogP contribution in [0.15, 0.2) is 72.8 Å². The molecular weight excluding hydrogens is 402 g/mol. The van der Waals surface area contributed by atoms with E-state index in [4.69, 9.17) is 10.00 Å². The predicted molar refractivity (Wildman–Crippen MR) is 122 cm³/mol. The third-order valence-corrected chi connectivity index (χ3v) is 5.38. The molecule has 0 saturated carbocycles. The van der Waals surface area contributed by atoms with Gasteiger partial charge in [0.25, 0.3) is 5.91 Å². The molecule has 32 heavy (non-hydrogen) atoms. The van der Waals surface area contributed by atoms with Gasteiger partial charge in [-0.15, -0.1) is 0 Å². The lowest BCUT2D eigenvalue weighted by Crippen LogP contribution is -2.28. The SMILES string of the molecule is N#Cc1ccc(-c2ccc(OCC(=O)NCc3ccc(N4CCCC4=O)cc3)cc2)cc1. The number of hydrogen-bond donors (Lipinski definition) is 1. The maximum Gasteiger partial charge on any atom is 0.258 e. The van der Waals surface area contributed by atoms with Crippen molar-refractivity contribution in [1.82, 2.24) is 5.32 Å². The first kappa shape index (κ1) is 21.1. The second kappa shape index (κ2) is 9.80. The van der Waals surface area contributed by atoms with Crippen molar-refractivity contribution in [3.05, 3.63) is 83.9 Å². The van der Waals surface area contributed by atoms with Gasteiger partial charge in [-0.25, -0.2) is 0 Å². The van der Waals surface area contributed by atoms with Crippen LogP contribution in [0, 0.1) is 11.3 Å². The number of ether oxygens (including phenoxy) is 1. The molecule has 0 bridgehead atoms. The third-order valence-electron chi connectivity index (χ3n) is 5.38. The average molecular weight is 425 g/mol. The molecule has 3 aromatic rings. The number of nitrogens with one attached hydrogen (secondary N) is 1. The maximum atomic E-state index is 12.1. The number of carbonyl (C=O) groups is 2. The fourth-order valence-electron chi connectivity index (χ4n) is 3.60. The molecule has 0 atom stereocenters. The summed E-state index contributed by atoms with van der Waals surface area (Å²) in [5.41, 5.74) is 4.49. The van der Waals surface area contributed by atoms with Crippen molar-refractivity contribution < 1.29 is 14.3 Å². The van der Waals surface area contributed by atoms with E-state index in [9.17, 15) is 9.59 Å². The van der Waals surface area contributed by atoms with Crippen LogP contribution < -0.4 is 15.0 Å². The van der Waals surface area contributed by atoms with Gasteiger partial charge in [0.2, 0.25) is 5.91 Å². The highest BCUT2D eigenvalue weighted by Gasteiger charge is 2.21. The molecule has 0 unspecified atom stereocenters. The lowest BCUT2D eigenvalue weighted by Gasteiger charge is -2.16. The summed E-state index contributed by atoms with van der Waals surface area (Å²) in [6, 6.07) is 24.6. The molecular formula is C26H23N3O3. The number of hydrogen-bond acceptors (Lipinski definition) is 4. The highest BCUT2D eigenvalue weighted by molar-refractivity contribution is 5.95. The molecule has 0 aromatic heterocycles. The highest BCUT2D eigenvalue weighted by Crippen LogP contribution is 2.23. The molecule has 2 amide bonds. The monoisotopic (exact) mass is 425 g/mol. The third kappa shape index (κ3) is 5.13. The fourth-order valence-corrected chi connectivity index (χ4v) is 3.60. The minimum absolute atomic E-state index is 0.0728. The molecule has 1 N–H and O–H groups in total. The van der Waals surface area contributed by atoms with Crippen molar-refractivity contribution in [2.24, 2.45) is 0 Å². The Bertz CT molecular complexity index is 1130. The van der Waals surface area contributed by atoms with Crippen molar-refractivity contribution in [3.8, 4) is 22.9 Å². The molecule has 0 aliphatic carbocycles. The van der Waals surface area contributed by atoms with Gasteiger partial charge in [-0.1, -0.05) is 36.4 Å². The van der Waals surface area contributed by atoms with Gasteiger partial charge >= 0.3 is 0 Å². The summed E-state index contributed by atoms with van der Waals surface area (Å²) >= 11 is 0. The molecule has 1 aliphatic rings. The highest BCUT2D eigenvalue weighted by atomic mass is 16.5. The average Bonchev–Trinajstić information content (AvgIpc) is 3.28. The van der Waals surface area contributed by atoms with Gasteiger partial charge in [0.1, 0.15) is 5.75 Å². The Labute approximate surface area is 187 Å². The van der Waals surface area contributed by atoms with Crippen LogP contribution >= 0.6 is 0 Å². The second-order valence-electron chi connectivity index (χ2n) is 7.59.